The summed E-state index contributed by atoms with van der Waals surface area (Å²) in [7, 11) is 0. The Morgan fingerprint density at radius 1 is 0.868 bits per heavy atom. The molecule has 190 valence electrons. The minimum atomic E-state index is 0.0543. The van der Waals surface area contributed by atoms with Gasteiger partial charge in [0, 0.05) is 6.04 Å². The predicted octanol–water partition coefficient (Wildman–Crippen LogP) is 8.36. The van der Waals surface area contributed by atoms with Crippen LogP contribution in [0, 0.1) is 0 Å². The largest absolute Gasteiger partial charge is 0.489 e. The number of thioether (sulfide) groups is 1. The number of rotatable bonds is 6. The molecule has 1 aliphatic heterocycles. The first-order valence-electron chi connectivity index (χ1n) is 13.3. The van der Waals surface area contributed by atoms with Crippen LogP contribution in [0.2, 0.25) is 0 Å². The molecule has 0 unspecified atom stereocenters. The van der Waals surface area contributed by atoms with Gasteiger partial charge in [-0.3, -0.25) is 9.69 Å². The number of amides is 1. The van der Waals surface area contributed by atoms with E-state index >= 15 is 0 Å². The Morgan fingerprint density at radius 3 is 2.50 bits per heavy atom. The Hall–Kier alpha value is -3.83. The lowest BCUT2D eigenvalue weighted by molar-refractivity contribution is -0.124. The highest BCUT2D eigenvalue weighted by atomic mass is 32.2. The highest BCUT2D eigenvalue weighted by molar-refractivity contribution is 8.18. The molecule has 5 heteroatoms. The van der Waals surface area contributed by atoms with Crippen LogP contribution < -0.4 is 4.74 Å². The molecule has 1 saturated heterocycles. The molecule has 2 fully saturated rings. The van der Waals surface area contributed by atoms with Crippen molar-refractivity contribution in [3.63, 3.8) is 0 Å². The zero-order chi connectivity index (χ0) is 25.7. The molecule has 38 heavy (non-hydrogen) atoms. The van der Waals surface area contributed by atoms with Crippen molar-refractivity contribution in [1.29, 1.82) is 0 Å². The lowest BCUT2D eigenvalue weighted by atomic mass is 9.94. The molecule has 0 N–H and O–H groups in total. The van der Waals surface area contributed by atoms with Crippen molar-refractivity contribution in [2.75, 3.05) is 0 Å². The number of aliphatic imine (C=N–C) groups is 1. The Morgan fingerprint density at radius 2 is 1.63 bits per heavy atom. The number of hydrogen-bond acceptors (Lipinski definition) is 4. The molecule has 0 spiro atoms. The molecule has 1 heterocycles. The molecule has 6 rings (SSSR count). The summed E-state index contributed by atoms with van der Waals surface area (Å²) < 4.78 is 6.19. The Kier molecular flexibility index (Phi) is 7.27. The molecule has 4 aromatic carbocycles. The first-order chi connectivity index (χ1) is 18.7. The van der Waals surface area contributed by atoms with Gasteiger partial charge in [0.05, 0.1) is 10.6 Å². The maximum Gasteiger partial charge on any atom is 0.267 e. The van der Waals surface area contributed by atoms with Crippen molar-refractivity contribution in [3.8, 4) is 5.75 Å². The second kappa shape index (κ2) is 11.3. The second-order valence-electron chi connectivity index (χ2n) is 9.81. The topological polar surface area (TPSA) is 41.9 Å². The molecule has 2 aliphatic rings. The number of benzene rings is 4. The van der Waals surface area contributed by atoms with Crippen LogP contribution in [0.15, 0.2) is 107 Å². The molecular weight excluding hydrogens is 488 g/mol. The fourth-order valence-corrected chi connectivity index (χ4v) is 6.32. The van der Waals surface area contributed by atoms with Crippen molar-refractivity contribution in [3.05, 3.63) is 113 Å². The van der Waals surface area contributed by atoms with E-state index in [9.17, 15) is 4.79 Å². The van der Waals surface area contributed by atoms with Gasteiger partial charge in [0.25, 0.3) is 5.91 Å². The predicted molar refractivity (Wildman–Crippen MR) is 158 cm³/mol. The van der Waals surface area contributed by atoms with Crippen LogP contribution in [0.3, 0.4) is 0 Å². The van der Waals surface area contributed by atoms with Crippen molar-refractivity contribution in [2.45, 2.75) is 44.8 Å². The molecule has 1 saturated carbocycles. The van der Waals surface area contributed by atoms with E-state index in [1.54, 1.807) is 0 Å². The van der Waals surface area contributed by atoms with Crippen LogP contribution in [0.4, 0.5) is 5.69 Å². The number of amidine groups is 1. The number of fused-ring (bicyclic) bond motifs is 1. The molecule has 0 bridgehead atoms. The van der Waals surface area contributed by atoms with Crippen molar-refractivity contribution < 1.29 is 9.53 Å². The Labute approximate surface area is 228 Å². The van der Waals surface area contributed by atoms with E-state index in [0.29, 0.717) is 11.5 Å². The molecule has 4 aromatic rings. The lowest BCUT2D eigenvalue weighted by Crippen LogP contribution is -2.40. The number of hydrogen-bond donors (Lipinski definition) is 0. The summed E-state index contributed by atoms with van der Waals surface area (Å²) in [5, 5.41) is 3.19. The van der Waals surface area contributed by atoms with Crippen molar-refractivity contribution in [2.24, 2.45) is 4.99 Å². The molecule has 0 radical (unpaired) electrons. The van der Waals surface area contributed by atoms with Gasteiger partial charge in [0.1, 0.15) is 12.4 Å². The van der Waals surface area contributed by atoms with Crippen LogP contribution in [0.5, 0.6) is 5.75 Å². The van der Waals surface area contributed by atoms with Gasteiger partial charge < -0.3 is 4.74 Å². The van der Waals surface area contributed by atoms with Crippen LogP contribution in [-0.4, -0.2) is 22.0 Å². The summed E-state index contributed by atoms with van der Waals surface area (Å²) in [6, 6.07) is 32.7. The molecular formula is C33H30N2O2S. The van der Waals surface area contributed by atoms with Crippen molar-refractivity contribution in [1.82, 2.24) is 4.90 Å². The van der Waals surface area contributed by atoms with Gasteiger partial charge in [-0.15, -0.1) is 0 Å². The van der Waals surface area contributed by atoms with Gasteiger partial charge in [0.2, 0.25) is 0 Å². The molecule has 1 amide bonds. The molecule has 0 aromatic heterocycles. The van der Waals surface area contributed by atoms with E-state index in [2.05, 4.69) is 42.5 Å². The Bertz CT molecular complexity index is 1500. The maximum absolute atomic E-state index is 13.7. The minimum Gasteiger partial charge on any atom is -0.489 e. The number of carbonyl (C=O) groups is 1. The maximum atomic E-state index is 13.7. The molecule has 1 aliphatic carbocycles. The third-order valence-corrected chi connectivity index (χ3v) is 8.17. The first kappa shape index (κ1) is 24.5. The lowest BCUT2D eigenvalue weighted by Gasteiger charge is -2.30. The first-order valence-corrected chi connectivity index (χ1v) is 14.1. The van der Waals surface area contributed by atoms with E-state index in [0.717, 1.165) is 53.4 Å². The quantitative estimate of drug-likeness (QED) is 0.241. The van der Waals surface area contributed by atoms with E-state index in [4.69, 9.17) is 9.73 Å². The van der Waals surface area contributed by atoms with Gasteiger partial charge in [-0.05, 0) is 76.8 Å². The number of ether oxygens (including phenoxy) is 1. The summed E-state index contributed by atoms with van der Waals surface area (Å²) in [6.07, 6.45) is 7.60. The van der Waals surface area contributed by atoms with Gasteiger partial charge >= 0.3 is 0 Å². The normalized spacial score (nSPS) is 18.5. The zero-order valence-electron chi connectivity index (χ0n) is 21.3. The zero-order valence-corrected chi connectivity index (χ0v) is 22.1. The molecule has 4 nitrogen and oxygen atoms in total. The van der Waals surface area contributed by atoms with E-state index < -0.39 is 0 Å². The summed E-state index contributed by atoms with van der Waals surface area (Å²) in [5.74, 6) is 0.837. The van der Waals surface area contributed by atoms with E-state index in [1.165, 1.54) is 29.0 Å². The van der Waals surface area contributed by atoms with Gasteiger partial charge in [0.15, 0.2) is 5.17 Å². The number of nitrogens with zero attached hydrogens (tertiary/aromatic N) is 2. The van der Waals surface area contributed by atoms with Crippen LogP contribution >= 0.6 is 11.8 Å². The number of carbonyl (C=O) groups excluding carboxylic acids is 1. The average Bonchev–Trinajstić information content (AvgIpc) is 3.26. The average molecular weight is 519 g/mol. The second-order valence-corrected chi connectivity index (χ2v) is 10.8. The van der Waals surface area contributed by atoms with Crippen LogP contribution in [-0.2, 0) is 11.4 Å². The number of para-hydroxylation sites is 1. The standard InChI is InChI=1S/C33H30N2O2S/c36-32-31(38-33(34-27-15-3-1-4-16-27)35(32)28-17-5-2-6-18-28)22-24-11-9-19-29(21-24)37-23-26-14-10-13-25-12-7-8-20-30(25)26/h1,3-4,7-16,19-22,28H,2,5-6,17-18,23H2/b31-22-,34-33?. The van der Waals surface area contributed by atoms with E-state index in [1.807, 2.05) is 65.6 Å². The SMILES string of the molecule is O=C1/C(=C/c2cccc(OCc3cccc4ccccc34)c2)SC(=Nc2ccccc2)N1C1CCCCC1. The minimum absolute atomic E-state index is 0.0543. The van der Waals surface area contributed by atoms with Gasteiger partial charge in [-0.25, -0.2) is 4.99 Å². The highest BCUT2D eigenvalue weighted by Crippen LogP contribution is 2.38. The fraction of sp³-hybridized carbons (Fsp3) is 0.212. The summed E-state index contributed by atoms with van der Waals surface area (Å²) in [6.45, 7) is 0.485. The van der Waals surface area contributed by atoms with Crippen LogP contribution in [0.1, 0.15) is 43.2 Å². The highest BCUT2D eigenvalue weighted by Gasteiger charge is 2.38. The third-order valence-electron chi connectivity index (χ3n) is 7.19. The van der Waals surface area contributed by atoms with E-state index in [-0.39, 0.29) is 11.9 Å². The third kappa shape index (κ3) is 5.39. The van der Waals surface area contributed by atoms with Crippen LogP contribution in [0.25, 0.3) is 16.8 Å². The summed E-state index contributed by atoms with van der Waals surface area (Å²) >= 11 is 1.47. The van der Waals surface area contributed by atoms with Crippen molar-refractivity contribution >= 4 is 45.4 Å². The smallest absolute Gasteiger partial charge is 0.267 e. The fourth-order valence-electron chi connectivity index (χ4n) is 5.26. The van der Waals surface area contributed by atoms with Gasteiger partial charge in [-0.2, -0.15) is 0 Å². The summed E-state index contributed by atoms with van der Waals surface area (Å²) in [5.41, 5.74) is 2.97. The molecule has 0 atom stereocenters. The van der Waals surface area contributed by atoms with Gasteiger partial charge in [-0.1, -0.05) is 92.1 Å². The summed E-state index contributed by atoms with van der Waals surface area (Å²) in [4.78, 5) is 21.2. The monoisotopic (exact) mass is 518 g/mol. The Balaban J connectivity index is 1.24.